The minimum absolute atomic E-state index is 0.326. The molecule has 1 aromatic rings. The standard InChI is InChI=1S/C24H30N6/c1-2-17-3-5-18(6-4-17)11-13-25-15-19-7-9-20(10-8-19)22-23-21-12-14-26-24(21)27-16-30(23)29-28-22/h2-6,12,14,16,19-20,22,25,28-29H,1,7-11,13,15H2. The van der Waals surface area contributed by atoms with Crippen molar-refractivity contribution in [1.29, 1.82) is 0 Å². The molecule has 0 bridgehead atoms. The highest BCUT2D eigenvalue weighted by Crippen LogP contribution is 2.40. The topological polar surface area (TPSA) is 66.8 Å². The molecule has 156 valence electrons. The molecule has 0 saturated heterocycles. The van der Waals surface area contributed by atoms with Gasteiger partial charge in [-0.2, -0.15) is 0 Å². The van der Waals surface area contributed by atoms with Crippen molar-refractivity contribution in [3.05, 3.63) is 66.3 Å². The molecule has 3 aliphatic heterocycles. The number of rotatable bonds is 7. The summed E-state index contributed by atoms with van der Waals surface area (Å²) in [6, 6.07) is 11.1. The largest absolute Gasteiger partial charge is 0.316 e. The third-order valence-corrected chi connectivity index (χ3v) is 6.75. The fourth-order valence-corrected chi connectivity index (χ4v) is 4.97. The van der Waals surface area contributed by atoms with Crippen LogP contribution >= 0.6 is 0 Å². The van der Waals surface area contributed by atoms with Gasteiger partial charge in [0.15, 0.2) is 5.82 Å². The molecule has 6 nitrogen and oxygen atoms in total. The number of hydrazine groups is 1. The summed E-state index contributed by atoms with van der Waals surface area (Å²) >= 11 is 0. The zero-order valence-corrected chi connectivity index (χ0v) is 17.3. The molecule has 30 heavy (non-hydrogen) atoms. The maximum atomic E-state index is 4.41. The van der Waals surface area contributed by atoms with Crippen LogP contribution in [0, 0.1) is 11.8 Å². The van der Waals surface area contributed by atoms with Gasteiger partial charge in [0.1, 0.15) is 6.33 Å². The molecule has 5 rings (SSSR count). The first-order chi connectivity index (χ1) is 14.8. The predicted molar refractivity (Wildman–Crippen MR) is 120 cm³/mol. The van der Waals surface area contributed by atoms with Gasteiger partial charge in [-0.25, -0.2) is 20.1 Å². The summed E-state index contributed by atoms with van der Waals surface area (Å²) in [6.07, 6.45) is 11.7. The molecule has 0 amide bonds. The summed E-state index contributed by atoms with van der Waals surface area (Å²) in [7, 11) is 0. The van der Waals surface area contributed by atoms with E-state index in [4.69, 9.17) is 0 Å². The Kier molecular flexibility index (Phi) is 5.51. The van der Waals surface area contributed by atoms with Gasteiger partial charge >= 0.3 is 0 Å². The summed E-state index contributed by atoms with van der Waals surface area (Å²) in [6.45, 7) is 5.98. The van der Waals surface area contributed by atoms with Gasteiger partial charge in [0, 0.05) is 11.8 Å². The highest BCUT2D eigenvalue weighted by atomic mass is 15.7. The van der Waals surface area contributed by atoms with Crippen molar-refractivity contribution in [3.8, 4) is 11.4 Å². The Balaban J connectivity index is 1.09. The van der Waals surface area contributed by atoms with Crippen LogP contribution in [-0.2, 0) is 6.42 Å². The lowest BCUT2D eigenvalue weighted by atomic mass is 9.77. The molecule has 4 aliphatic rings. The minimum atomic E-state index is 0.326. The van der Waals surface area contributed by atoms with E-state index in [1.165, 1.54) is 42.5 Å². The van der Waals surface area contributed by atoms with Crippen molar-refractivity contribution in [2.75, 3.05) is 18.6 Å². The first-order valence-corrected chi connectivity index (χ1v) is 11.1. The zero-order valence-electron chi connectivity index (χ0n) is 17.3. The Hall–Kier alpha value is -2.70. The van der Waals surface area contributed by atoms with Crippen molar-refractivity contribution < 1.29 is 0 Å². The van der Waals surface area contributed by atoms with Gasteiger partial charge < -0.3 is 5.32 Å². The Morgan fingerprint density at radius 3 is 2.73 bits per heavy atom. The van der Waals surface area contributed by atoms with Crippen molar-refractivity contribution >= 4 is 6.08 Å². The maximum Gasteiger partial charge on any atom is 0.162 e. The van der Waals surface area contributed by atoms with Crippen molar-refractivity contribution in [2.45, 2.75) is 38.1 Å². The number of nitrogens with zero attached hydrogens (tertiary/aromatic N) is 3. The molecule has 3 heterocycles. The third kappa shape index (κ3) is 3.85. The van der Waals surface area contributed by atoms with Crippen LogP contribution < -0.4 is 16.3 Å². The van der Waals surface area contributed by atoms with Crippen LogP contribution in [0.2, 0.25) is 0 Å². The molecule has 1 fully saturated rings. The van der Waals surface area contributed by atoms with Gasteiger partial charge in [-0.05, 0) is 74.2 Å². The van der Waals surface area contributed by atoms with Gasteiger partial charge in [-0.1, -0.05) is 36.9 Å². The van der Waals surface area contributed by atoms with Crippen LogP contribution in [0.4, 0.5) is 0 Å². The Morgan fingerprint density at radius 2 is 1.93 bits per heavy atom. The monoisotopic (exact) mass is 402 g/mol. The summed E-state index contributed by atoms with van der Waals surface area (Å²) < 4.78 is 2.02. The SMILES string of the molecule is C=Cc1ccc(CCNCC2CCC(C3NNn4cnc5nccc-5c43)CC2)cc1. The lowest BCUT2D eigenvalue weighted by molar-refractivity contribution is 0.228. The lowest BCUT2D eigenvalue weighted by Gasteiger charge is -2.32. The first kappa shape index (κ1) is 19.3. The van der Waals surface area contributed by atoms with Gasteiger partial charge in [-0.3, -0.25) is 5.53 Å². The smallest absolute Gasteiger partial charge is 0.162 e. The molecule has 1 aromatic carbocycles. The molecule has 1 atom stereocenters. The van der Waals surface area contributed by atoms with E-state index in [1.807, 2.05) is 23.3 Å². The van der Waals surface area contributed by atoms with Gasteiger partial charge in [0.25, 0.3) is 0 Å². The normalized spacial score (nSPS) is 23.3. The van der Waals surface area contributed by atoms with Crippen LogP contribution in [0.15, 0.2) is 49.4 Å². The van der Waals surface area contributed by atoms with Crippen molar-refractivity contribution in [3.63, 3.8) is 0 Å². The average molecular weight is 403 g/mol. The van der Waals surface area contributed by atoms with E-state index >= 15 is 0 Å². The molecule has 3 N–H and O–H groups in total. The molecule has 1 saturated carbocycles. The van der Waals surface area contributed by atoms with E-state index in [9.17, 15) is 0 Å². The number of hydrogen-bond donors (Lipinski definition) is 3. The zero-order chi connectivity index (χ0) is 20.3. The average Bonchev–Trinajstić information content (AvgIpc) is 3.44. The minimum Gasteiger partial charge on any atom is -0.316 e. The number of benzene rings is 1. The molecule has 1 unspecified atom stereocenters. The summed E-state index contributed by atoms with van der Waals surface area (Å²) in [5.74, 6) is 2.27. The number of hydrogen-bond acceptors (Lipinski definition) is 5. The van der Waals surface area contributed by atoms with E-state index in [1.54, 1.807) is 0 Å². The summed E-state index contributed by atoms with van der Waals surface area (Å²) in [5.41, 5.74) is 11.8. The van der Waals surface area contributed by atoms with Gasteiger partial charge in [-0.15, -0.1) is 0 Å². The molecule has 6 heteroatoms. The second kappa shape index (κ2) is 8.58. The molecular weight excluding hydrogens is 372 g/mol. The van der Waals surface area contributed by atoms with Crippen molar-refractivity contribution in [1.82, 2.24) is 25.4 Å². The van der Waals surface area contributed by atoms with E-state index in [2.05, 4.69) is 63.2 Å². The second-order valence-corrected chi connectivity index (χ2v) is 8.60. The Bertz CT molecular complexity index is 954. The Labute approximate surface area is 178 Å². The van der Waals surface area contributed by atoms with E-state index in [0.29, 0.717) is 12.0 Å². The van der Waals surface area contributed by atoms with E-state index in [0.717, 1.165) is 36.8 Å². The molecule has 0 radical (unpaired) electrons. The van der Waals surface area contributed by atoms with Crippen LogP contribution in [0.5, 0.6) is 0 Å². The van der Waals surface area contributed by atoms with Crippen molar-refractivity contribution in [2.24, 2.45) is 11.8 Å². The van der Waals surface area contributed by atoms with Crippen LogP contribution in [0.1, 0.15) is 48.5 Å². The first-order valence-electron chi connectivity index (χ1n) is 11.1. The number of aromatic nitrogens is 3. The fourth-order valence-electron chi connectivity index (χ4n) is 4.97. The lowest BCUT2D eigenvalue weighted by Crippen LogP contribution is -2.32. The predicted octanol–water partition coefficient (Wildman–Crippen LogP) is 3.77. The highest BCUT2D eigenvalue weighted by molar-refractivity contribution is 5.61. The molecular formula is C24H30N6. The number of nitrogens with one attached hydrogen (secondary N) is 3. The fraction of sp³-hybridized carbons (Fsp3) is 0.417. The van der Waals surface area contributed by atoms with Crippen LogP contribution in [0.3, 0.4) is 0 Å². The van der Waals surface area contributed by atoms with Gasteiger partial charge in [0.05, 0.1) is 11.7 Å². The quantitative estimate of drug-likeness (QED) is 0.525. The molecule has 0 aromatic heterocycles. The maximum absolute atomic E-state index is 4.41. The van der Waals surface area contributed by atoms with Gasteiger partial charge in [0.2, 0.25) is 0 Å². The third-order valence-electron chi connectivity index (χ3n) is 6.75. The second-order valence-electron chi connectivity index (χ2n) is 8.60. The van der Waals surface area contributed by atoms with E-state index in [-0.39, 0.29) is 0 Å². The number of fused-ring (bicyclic) bond motifs is 3. The summed E-state index contributed by atoms with van der Waals surface area (Å²) in [5, 5.41) is 3.68. The van der Waals surface area contributed by atoms with Crippen LogP contribution in [-0.4, -0.2) is 27.7 Å². The Morgan fingerprint density at radius 1 is 1.10 bits per heavy atom. The molecule has 0 spiro atoms. The summed E-state index contributed by atoms with van der Waals surface area (Å²) in [4.78, 5) is 8.78. The molecule has 1 aliphatic carbocycles. The van der Waals surface area contributed by atoms with E-state index < -0.39 is 0 Å². The van der Waals surface area contributed by atoms with Crippen LogP contribution in [0.25, 0.3) is 17.5 Å². The highest BCUT2D eigenvalue weighted by Gasteiger charge is 2.35.